The molecule has 1 fully saturated rings. The molecule has 3 nitrogen and oxygen atoms in total. The number of hydrogen-bond acceptors (Lipinski definition) is 5. The van der Waals surface area contributed by atoms with Gasteiger partial charge in [-0.2, -0.15) is 11.8 Å². The fraction of sp³-hybridized carbons (Fsp3) is 0.692. The Bertz CT molecular complexity index is 398. The third-order valence-corrected chi connectivity index (χ3v) is 6.49. The molecule has 0 aromatic carbocycles. The summed E-state index contributed by atoms with van der Waals surface area (Å²) in [5.74, 6) is 2.09. The Labute approximate surface area is 118 Å². The number of thioether (sulfide) groups is 2. The molecule has 1 aliphatic rings. The van der Waals surface area contributed by atoms with E-state index in [0.29, 0.717) is 10.5 Å². The van der Waals surface area contributed by atoms with Gasteiger partial charge in [-0.1, -0.05) is 13.8 Å². The van der Waals surface area contributed by atoms with Gasteiger partial charge in [-0.25, -0.2) is 9.97 Å². The molecule has 0 amide bonds. The van der Waals surface area contributed by atoms with Crippen molar-refractivity contribution in [1.82, 2.24) is 9.97 Å². The van der Waals surface area contributed by atoms with Gasteiger partial charge in [0.2, 0.25) is 0 Å². The largest absolute Gasteiger partial charge is 0.328 e. The lowest BCUT2D eigenvalue weighted by molar-refractivity contribution is 0.711. The maximum absolute atomic E-state index is 5.82. The Morgan fingerprint density at radius 2 is 2.22 bits per heavy atom. The molecular weight excluding hydrogens is 262 g/mol. The van der Waals surface area contributed by atoms with E-state index in [1.807, 2.05) is 42.7 Å². The van der Waals surface area contributed by atoms with Crippen LogP contribution in [0.15, 0.2) is 12.3 Å². The topological polar surface area (TPSA) is 51.8 Å². The van der Waals surface area contributed by atoms with E-state index in [1.165, 1.54) is 0 Å². The van der Waals surface area contributed by atoms with Crippen LogP contribution in [0.3, 0.4) is 0 Å². The summed E-state index contributed by atoms with van der Waals surface area (Å²) < 4.78 is 0. The van der Waals surface area contributed by atoms with Gasteiger partial charge in [0, 0.05) is 40.6 Å². The minimum Gasteiger partial charge on any atom is -0.328 e. The first kappa shape index (κ1) is 14.2. The van der Waals surface area contributed by atoms with E-state index < -0.39 is 0 Å². The number of aromatic nitrogens is 2. The van der Waals surface area contributed by atoms with Crippen molar-refractivity contribution in [1.29, 1.82) is 0 Å². The molecule has 1 aliphatic heterocycles. The summed E-state index contributed by atoms with van der Waals surface area (Å²) >= 11 is 4.02. The molecule has 0 bridgehead atoms. The molecule has 1 aromatic rings. The maximum Gasteiger partial charge on any atom is 0.142 e. The molecule has 2 N–H and O–H groups in total. The highest BCUT2D eigenvalue weighted by molar-refractivity contribution is 8.07. The van der Waals surface area contributed by atoms with Crippen LogP contribution in [-0.4, -0.2) is 32.3 Å². The number of rotatable bonds is 3. The van der Waals surface area contributed by atoms with Crippen LogP contribution in [0.1, 0.15) is 37.5 Å². The van der Waals surface area contributed by atoms with Crippen LogP contribution in [0.25, 0.3) is 0 Å². The van der Waals surface area contributed by atoms with Crippen LogP contribution in [0.4, 0.5) is 0 Å². The maximum atomic E-state index is 5.82. The minimum absolute atomic E-state index is 0.153. The third kappa shape index (κ3) is 3.62. The molecule has 5 heteroatoms. The monoisotopic (exact) mass is 283 g/mol. The number of hydrogen-bond donors (Lipinski definition) is 1. The van der Waals surface area contributed by atoms with Gasteiger partial charge in [-0.3, -0.25) is 0 Å². The SMILES string of the molecule is CC(N)Cc1ccnc(C2CSC(C)C(C)S2)n1. The molecule has 2 rings (SSSR count). The van der Waals surface area contributed by atoms with E-state index in [9.17, 15) is 0 Å². The van der Waals surface area contributed by atoms with Crippen LogP contribution in [0, 0.1) is 0 Å². The summed E-state index contributed by atoms with van der Waals surface area (Å²) in [6.45, 7) is 6.60. The first-order valence-electron chi connectivity index (χ1n) is 6.40. The zero-order chi connectivity index (χ0) is 13.1. The second-order valence-electron chi connectivity index (χ2n) is 4.96. The van der Waals surface area contributed by atoms with Gasteiger partial charge in [0.25, 0.3) is 0 Å². The van der Waals surface area contributed by atoms with Crippen LogP contribution in [0.2, 0.25) is 0 Å². The lowest BCUT2D eigenvalue weighted by Crippen LogP contribution is -2.23. The molecule has 0 radical (unpaired) electrons. The summed E-state index contributed by atoms with van der Waals surface area (Å²) in [6.07, 6.45) is 2.69. The van der Waals surface area contributed by atoms with Crippen LogP contribution in [0.5, 0.6) is 0 Å². The molecule has 0 saturated carbocycles. The van der Waals surface area contributed by atoms with Crippen molar-refractivity contribution >= 4 is 23.5 Å². The summed E-state index contributed by atoms with van der Waals surface area (Å²) in [6, 6.07) is 2.12. The fourth-order valence-corrected chi connectivity index (χ4v) is 4.78. The van der Waals surface area contributed by atoms with Gasteiger partial charge in [-0.15, -0.1) is 11.8 Å². The van der Waals surface area contributed by atoms with Gasteiger partial charge in [0.05, 0.1) is 5.25 Å². The van der Waals surface area contributed by atoms with Crippen molar-refractivity contribution in [3.63, 3.8) is 0 Å². The molecule has 0 spiro atoms. The minimum atomic E-state index is 0.153. The molecule has 4 unspecified atom stereocenters. The van der Waals surface area contributed by atoms with Crippen molar-refractivity contribution in [2.24, 2.45) is 5.73 Å². The first-order valence-corrected chi connectivity index (χ1v) is 8.40. The van der Waals surface area contributed by atoms with E-state index in [0.717, 1.165) is 28.9 Å². The third-order valence-electron chi connectivity index (χ3n) is 3.10. The second-order valence-corrected chi connectivity index (χ2v) is 7.95. The summed E-state index contributed by atoms with van der Waals surface area (Å²) in [5, 5.41) is 1.81. The second kappa shape index (κ2) is 6.26. The molecule has 2 heterocycles. The lowest BCUT2D eigenvalue weighted by atomic mass is 10.2. The zero-order valence-electron chi connectivity index (χ0n) is 11.2. The average molecular weight is 283 g/mol. The van der Waals surface area contributed by atoms with Crippen molar-refractivity contribution in [3.8, 4) is 0 Å². The summed E-state index contributed by atoms with van der Waals surface area (Å²) in [5.41, 5.74) is 6.89. The highest BCUT2D eigenvalue weighted by atomic mass is 32.2. The Balaban J connectivity index is 2.08. The van der Waals surface area contributed by atoms with Crippen molar-refractivity contribution in [2.45, 2.75) is 49.0 Å². The smallest absolute Gasteiger partial charge is 0.142 e. The first-order chi connectivity index (χ1) is 8.56. The van der Waals surface area contributed by atoms with Crippen LogP contribution in [-0.2, 0) is 6.42 Å². The highest BCUT2D eigenvalue weighted by Gasteiger charge is 2.28. The summed E-state index contributed by atoms with van der Waals surface area (Å²) in [4.78, 5) is 9.11. The molecule has 1 saturated heterocycles. The van der Waals surface area contributed by atoms with Crippen molar-refractivity contribution in [2.75, 3.05) is 5.75 Å². The molecule has 1 aromatic heterocycles. The predicted molar refractivity (Wildman–Crippen MR) is 81.1 cm³/mol. The molecule has 4 atom stereocenters. The van der Waals surface area contributed by atoms with Gasteiger partial charge >= 0.3 is 0 Å². The lowest BCUT2D eigenvalue weighted by Gasteiger charge is -2.30. The molecular formula is C13H21N3S2. The number of nitrogens with zero attached hydrogens (tertiary/aromatic N) is 2. The Kier molecular flexibility index (Phi) is 4.92. The van der Waals surface area contributed by atoms with E-state index >= 15 is 0 Å². The fourth-order valence-electron chi connectivity index (χ4n) is 1.93. The quantitative estimate of drug-likeness (QED) is 0.924. The van der Waals surface area contributed by atoms with Gasteiger partial charge in [0.15, 0.2) is 0 Å². The van der Waals surface area contributed by atoms with Gasteiger partial charge in [0.1, 0.15) is 5.82 Å². The number of nitrogens with two attached hydrogens (primary N) is 1. The predicted octanol–water partition coefficient (Wildman–Crippen LogP) is 2.66. The molecule has 100 valence electrons. The van der Waals surface area contributed by atoms with Crippen molar-refractivity contribution in [3.05, 3.63) is 23.8 Å². The van der Waals surface area contributed by atoms with Crippen LogP contribution < -0.4 is 5.73 Å². The van der Waals surface area contributed by atoms with Gasteiger partial charge in [-0.05, 0) is 13.0 Å². The standard InChI is InChI=1S/C13H21N3S2/c1-8(14)6-11-4-5-15-13(16-11)12-7-17-9(2)10(3)18-12/h4-5,8-10,12H,6-7,14H2,1-3H3. The highest BCUT2D eigenvalue weighted by Crippen LogP contribution is 2.43. The molecule has 0 aliphatic carbocycles. The Morgan fingerprint density at radius 3 is 2.89 bits per heavy atom. The summed E-state index contributed by atoms with van der Waals surface area (Å²) in [7, 11) is 0. The van der Waals surface area contributed by atoms with E-state index in [4.69, 9.17) is 5.73 Å². The van der Waals surface area contributed by atoms with Gasteiger partial charge < -0.3 is 5.73 Å². The normalized spacial score (nSPS) is 30.1. The average Bonchev–Trinajstić information content (AvgIpc) is 2.32. The zero-order valence-corrected chi connectivity index (χ0v) is 12.8. The Morgan fingerprint density at radius 1 is 1.44 bits per heavy atom. The van der Waals surface area contributed by atoms with E-state index in [1.54, 1.807) is 0 Å². The van der Waals surface area contributed by atoms with E-state index in [-0.39, 0.29) is 6.04 Å². The van der Waals surface area contributed by atoms with Crippen molar-refractivity contribution < 1.29 is 0 Å². The van der Waals surface area contributed by atoms with E-state index in [2.05, 4.69) is 23.8 Å². The Hall–Kier alpha value is -0.260. The van der Waals surface area contributed by atoms with Crippen LogP contribution >= 0.6 is 23.5 Å². The molecule has 18 heavy (non-hydrogen) atoms.